The van der Waals surface area contributed by atoms with E-state index in [0.29, 0.717) is 24.7 Å². The van der Waals surface area contributed by atoms with Crippen molar-refractivity contribution in [2.75, 3.05) is 19.8 Å². The maximum Gasteiger partial charge on any atom is 0.0594 e. The van der Waals surface area contributed by atoms with Crippen molar-refractivity contribution in [2.24, 2.45) is 5.92 Å². The Bertz CT molecular complexity index is 150. The summed E-state index contributed by atoms with van der Waals surface area (Å²) in [5.41, 5.74) is 0. The second-order valence-electron chi connectivity index (χ2n) is 4.35. The molecule has 3 heteroatoms. The van der Waals surface area contributed by atoms with Crippen molar-refractivity contribution < 1.29 is 9.84 Å². The molecule has 0 aromatic carbocycles. The third-order valence-corrected chi connectivity index (χ3v) is 2.85. The van der Waals surface area contributed by atoms with Gasteiger partial charge in [0.1, 0.15) is 0 Å². The lowest BCUT2D eigenvalue weighted by Crippen LogP contribution is -2.36. The number of nitrogens with one attached hydrogen (secondary N) is 1. The molecule has 1 saturated carbocycles. The number of hydrogen-bond donors (Lipinski definition) is 2. The average Bonchev–Trinajstić information content (AvgIpc) is 2.59. The minimum absolute atomic E-state index is 0.314. The first kappa shape index (κ1) is 12.0. The van der Waals surface area contributed by atoms with Crippen molar-refractivity contribution in [2.45, 2.75) is 45.3 Å². The molecule has 0 spiro atoms. The van der Waals surface area contributed by atoms with Crippen LogP contribution < -0.4 is 5.32 Å². The summed E-state index contributed by atoms with van der Waals surface area (Å²) in [4.78, 5) is 0. The van der Waals surface area contributed by atoms with Crippen LogP contribution in [-0.4, -0.2) is 37.0 Å². The summed E-state index contributed by atoms with van der Waals surface area (Å²) in [6.07, 6.45) is 3.93. The molecule has 2 atom stereocenters. The molecule has 0 aromatic rings. The van der Waals surface area contributed by atoms with Crippen molar-refractivity contribution in [3.05, 3.63) is 0 Å². The van der Waals surface area contributed by atoms with Crippen LogP contribution in [0.4, 0.5) is 0 Å². The standard InChI is InChI=1S/C11H23NO2/c1-9(2)14-7-6-12-11-5-3-4-10(11)8-13/h9-13H,3-8H2,1-2H3. The summed E-state index contributed by atoms with van der Waals surface area (Å²) in [5.74, 6) is 0.467. The highest BCUT2D eigenvalue weighted by Gasteiger charge is 2.25. The zero-order valence-electron chi connectivity index (χ0n) is 9.33. The number of hydrogen-bond acceptors (Lipinski definition) is 3. The molecule has 0 aliphatic heterocycles. The van der Waals surface area contributed by atoms with E-state index in [0.717, 1.165) is 13.2 Å². The van der Waals surface area contributed by atoms with Crippen LogP contribution in [0, 0.1) is 5.92 Å². The van der Waals surface area contributed by atoms with Gasteiger partial charge in [-0.3, -0.25) is 0 Å². The van der Waals surface area contributed by atoms with Gasteiger partial charge in [-0.15, -0.1) is 0 Å². The molecule has 1 aliphatic rings. The van der Waals surface area contributed by atoms with E-state index >= 15 is 0 Å². The Morgan fingerprint density at radius 2 is 2.21 bits per heavy atom. The summed E-state index contributed by atoms with van der Waals surface area (Å²) < 4.78 is 5.45. The SMILES string of the molecule is CC(C)OCCNC1CCCC1CO. The van der Waals surface area contributed by atoms with E-state index in [2.05, 4.69) is 5.32 Å². The van der Waals surface area contributed by atoms with Crippen molar-refractivity contribution in [1.82, 2.24) is 5.32 Å². The van der Waals surface area contributed by atoms with Crippen LogP contribution >= 0.6 is 0 Å². The highest BCUT2D eigenvalue weighted by molar-refractivity contribution is 4.82. The summed E-state index contributed by atoms with van der Waals surface area (Å²) in [5, 5.41) is 12.6. The molecule has 1 fully saturated rings. The number of rotatable bonds is 6. The molecule has 0 aromatic heterocycles. The van der Waals surface area contributed by atoms with Gasteiger partial charge in [0.25, 0.3) is 0 Å². The van der Waals surface area contributed by atoms with E-state index in [4.69, 9.17) is 9.84 Å². The number of ether oxygens (including phenoxy) is 1. The smallest absolute Gasteiger partial charge is 0.0594 e. The molecule has 0 heterocycles. The van der Waals surface area contributed by atoms with Gasteiger partial charge in [-0.05, 0) is 32.6 Å². The van der Waals surface area contributed by atoms with Gasteiger partial charge >= 0.3 is 0 Å². The van der Waals surface area contributed by atoms with Gasteiger partial charge in [0.2, 0.25) is 0 Å². The van der Waals surface area contributed by atoms with Crippen molar-refractivity contribution in [3.8, 4) is 0 Å². The maximum atomic E-state index is 9.11. The predicted molar refractivity (Wildman–Crippen MR) is 57.3 cm³/mol. The molecule has 3 nitrogen and oxygen atoms in total. The summed E-state index contributed by atoms with van der Waals surface area (Å²) >= 11 is 0. The van der Waals surface area contributed by atoms with Crippen molar-refractivity contribution in [3.63, 3.8) is 0 Å². The second-order valence-corrected chi connectivity index (χ2v) is 4.35. The van der Waals surface area contributed by atoms with Crippen LogP contribution in [0.1, 0.15) is 33.1 Å². The Kier molecular flexibility index (Phi) is 5.45. The van der Waals surface area contributed by atoms with Gasteiger partial charge in [0.05, 0.1) is 12.7 Å². The highest BCUT2D eigenvalue weighted by atomic mass is 16.5. The van der Waals surface area contributed by atoms with E-state index in [1.807, 2.05) is 13.8 Å². The molecule has 2 N–H and O–H groups in total. The minimum Gasteiger partial charge on any atom is -0.396 e. The third-order valence-electron chi connectivity index (χ3n) is 2.85. The van der Waals surface area contributed by atoms with Crippen LogP contribution in [-0.2, 0) is 4.74 Å². The Morgan fingerprint density at radius 1 is 1.43 bits per heavy atom. The van der Waals surface area contributed by atoms with E-state index < -0.39 is 0 Å². The number of aliphatic hydroxyl groups excluding tert-OH is 1. The molecule has 14 heavy (non-hydrogen) atoms. The Hall–Kier alpha value is -0.120. The zero-order chi connectivity index (χ0) is 10.4. The van der Waals surface area contributed by atoms with Crippen LogP contribution in [0.25, 0.3) is 0 Å². The molecular formula is C11H23NO2. The fourth-order valence-electron chi connectivity index (χ4n) is 2.06. The summed E-state index contributed by atoms with van der Waals surface area (Å²) in [6.45, 7) is 6.09. The second kappa shape index (κ2) is 6.38. The Labute approximate surface area is 86.8 Å². The fraction of sp³-hybridized carbons (Fsp3) is 1.00. The fourth-order valence-corrected chi connectivity index (χ4v) is 2.06. The maximum absolute atomic E-state index is 9.11. The van der Waals surface area contributed by atoms with Crippen molar-refractivity contribution >= 4 is 0 Å². The molecule has 1 rings (SSSR count). The first-order valence-corrected chi connectivity index (χ1v) is 5.70. The van der Waals surface area contributed by atoms with Crippen LogP contribution in [0.15, 0.2) is 0 Å². The molecule has 2 unspecified atom stereocenters. The molecule has 0 radical (unpaired) electrons. The van der Waals surface area contributed by atoms with E-state index in [1.165, 1.54) is 19.3 Å². The average molecular weight is 201 g/mol. The summed E-state index contributed by atoms with van der Waals surface area (Å²) in [7, 11) is 0. The van der Waals surface area contributed by atoms with Crippen LogP contribution in [0.3, 0.4) is 0 Å². The van der Waals surface area contributed by atoms with Gasteiger partial charge in [0.15, 0.2) is 0 Å². The lowest BCUT2D eigenvalue weighted by atomic mass is 10.1. The molecule has 0 amide bonds. The first-order valence-electron chi connectivity index (χ1n) is 5.70. The lowest BCUT2D eigenvalue weighted by molar-refractivity contribution is 0.0774. The topological polar surface area (TPSA) is 41.5 Å². The van der Waals surface area contributed by atoms with E-state index in [-0.39, 0.29) is 0 Å². The van der Waals surface area contributed by atoms with Crippen LogP contribution in [0.5, 0.6) is 0 Å². The predicted octanol–water partition coefficient (Wildman–Crippen LogP) is 1.16. The Balaban J connectivity index is 2.05. The monoisotopic (exact) mass is 201 g/mol. The zero-order valence-corrected chi connectivity index (χ0v) is 9.33. The van der Waals surface area contributed by atoms with Gasteiger partial charge in [-0.2, -0.15) is 0 Å². The lowest BCUT2D eigenvalue weighted by Gasteiger charge is -2.19. The van der Waals surface area contributed by atoms with E-state index in [9.17, 15) is 0 Å². The normalized spacial score (nSPS) is 27.4. The van der Waals surface area contributed by atoms with Gasteiger partial charge in [-0.25, -0.2) is 0 Å². The number of aliphatic hydroxyl groups is 1. The van der Waals surface area contributed by atoms with E-state index in [1.54, 1.807) is 0 Å². The molecule has 1 aliphatic carbocycles. The van der Waals surface area contributed by atoms with Crippen molar-refractivity contribution in [1.29, 1.82) is 0 Å². The molecule has 84 valence electrons. The largest absolute Gasteiger partial charge is 0.396 e. The molecular weight excluding hydrogens is 178 g/mol. The molecule has 0 bridgehead atoms. The minimum atomic E-state index is 0.314. The molecule has 0 saturated heterocycles. The van der Waals surface area contributed by atoms with Gasteiger partial charge in [0, 0.05) is 19.2 Å². The first-order chi connectivity index (χ1) is 6.74. The highest BCUT2D eigenvalue weighted by Crippen LogP contribution is 2.24. The Morgan fingerprint density at radius 3 is 2.86 bits per heavy atom. The van der Waals surface area contributed by atoms with Gasteiger partial charge < -0.3 is 15.2 Å². The van der Waals surface area contributed by atoms with Crippen LogP contribution in [0.2, 0.25) is 0 Å². The van der Waals surface area contributed by atoms with Gasteiger partial charge in [-0.1, -0.05) is 6.42 Å². The summed E-state index contributed by atoms with van der Waals surface area (Å²) in [6, 6.07) is 0.510. The third kappa shape index (κ3) is 3.95. The quantitative estimate of drug-likeness (QED) is 0.634.